The number of carbonyl (C=O) groups is 2. The van der Waals surface area contributed by atoms with Crippen molar-refractivity contribution in [2.45, 2.75) is 25.4 Å². The van der Waals surface area contributed by atoms with Crippen LogP contribution in [0.5, 0.6) is 0 Å². The van der Waals surface area contributed by atoms with Crippen LogP contribution < -0.4 is 0 Å². The third-order valence-corrected chi connectivity index (χ3v) is 4.70. The quantitative estimate of drug-likeness (QED) is 0.896. The first-order chi connectivity index (χ1) is 10.9. The number of hydrogen-bond donors (Lipinski definition) is 1. The molecule has 1 aliphatic rings. The average Bonchev–Trinajstić information content (AvgIpc) is 2.92. The lowest BCUT2D eigenvalue weighted by molar-refractivity contribution is -0.188. The van der Waals surface area contributed by atoms with Gasteiger partial charge in [-0.15, -0.1) is 0 Å². The number of carboxylic acids is 1. The van der Waals surface area contributed by atoms with Gasteiger partial charge in [0, 0.05) is 18.1 Å². The zero-order valence-electron chi connectivity index (χ0n) is 13.1. The van der Waals surface area contributed by atoms with Crippen LogP contribution in [0.15, 0.2) is 24.3 Å². The van der Waals surface area contributed by atoms with Crippen molar-refractivity contribution in [1.29, 1.82) is 0 Å². The summed E-state index contributed by atoms with van der Waals surface area (Å²) in [7, 11) is 0. The number of halogens is 4. The van der Waals surface area contributed by atoms with E-state index in [-0.39, 0.29) is 0 Å². The Balaban J connectivity index is 2.26. The van der Waals surface area contributed by atoms with E-state index in [1.807, 2.05) is 0 Å². The molecule has 1 aromatic carbocycles. The summed E-state index contributed by atoms with van der Waals surface area (Å²) < 4.78 is 39.2. The molecule has 0 unspecified atom stereocenters. The number of benzene rings is 1. The molecule has 4 nitrogen and oxygen atoms in total. The standard InChI is InChI=1S/C16H17ClF3NO3/c1-15(2,9-3-5-10(17)6-4-9)14(24)21-7-11(13(22)23)12(8-21)16(18,19)20/h3-6,11-12H,7-8H2,1-2H3,(H,22,23)/t11-,12-/m1/s1. The van der Waals surface area contributed by atoms with Gasteiger partial charge in [-0.1, -0.05) is 23.7 Å². The Labute approximate surface area is 142 Å². The van der Waals surface area contributed by atoms with Gasteiger partial charge in [0.2, 0.25) is 5.91 Å². The van der Waals surface area contributed by atoms with Crippen LogP contribution in [0.2, 0.25) is 5.02 Å². The Kier molecular flexibility index (Phi) is 4.86. The summed E-state index contributed by atoms with van der Waals surface area (Å²) in [5.41, 5.74) is -0.493. The normalized spacial score (nSPS) is 21.8. The Morgan fingerprint density at radius 1 is 1.17 bits per heavy atom. The third-order valence-electron chi connectivity index (χ3n) is 4.45. The van der Waals surface area contributed by atoms with E-state index in [1.54, 1.807) is 38.1 Å². The molecule has 1 saturated heterocycles. The largest absolute Gasteiger partial charge is 0.481 e. The van der Waals surface area contributed by atoms with Gasteiger partial charge >= 0.3 is 12.1 Å². The fraction of sp³-hybridized carbons (Fsp3) is 0.500. The van der Waals surface area contributed by atoms with Gasteiger partial charge in [-0.3, -0.25) is 9.59 Å². The minimum absolute atomic E-state index is 0.449. The lowest BCUT2D eigenvalue weighted by Gasteiger charge is -2.30. The molecule has 0 aliphatic carbocycles. The number of nitrogens with zero attached hydrogens (tertiary/aromatic N) is 1. The molecule has 0 bridgehead atoms. The first kappa shape index (κ1) is 18.6. The van der Waals surface area contributed by atoms with Gasteiger partial charge in [-0.2, -0.15) is 13.2 Å². The Morgan fingerprint density at radius 3 is 2.12 bits per heavy atom. The van der Waals surface area contributed by atoms with Gasteiger partial charge in [0.1, 0.15) is 0 Å². The van der Waals surface area contributed by atoms with Crippen molar-refractivity contribution < 1.29 is 27.9 Å². The highest BCUT2D eigenvalue weighted by Gasteiger charge is 2.54. The van der Waals surface area contributed by atoms with E-state index in [2.05, 4.69) is 0 Å². The molecular formula is C16H17ClF3NO3. The van der Waals surface area contributed by atoms with Crippen LogP contribution in [0.4, 0.5) is 13.2 Å². The molecule has 24 heavy (non-hydrogen) atoms. The molecule has 2 rings (SSSR count). The highest BCUT2D eigenvalue weighted by atomic mass is 35.5. The Bertz CT molecular complexity index is 643. The van der Waals surface area contributed by atoms with Crippen LogP contribution in [0.3, 0.4) is 0 Å². The molecular weight excluding hydrogens is 347 g/mol. The van der Waals surface area contributed by atoms with E-state index in [0.717, 1.165) is 4.90 Å². The van der Waals surface area contributed by atoms with E-state index in [1.165, 1.54) is 0 Å². The Hall–Kier alpha value is -1.76. The van der Waals surface area contributed by atoms with Crippen LogP contribution in [0, 0.1) is 11.8 Å². The first-order valence-corrected chi connectivity index (χ1v) is 7.67. The second kappa shape index (κ2) is 6.27. The lowest BCUT2D eigenvalue weighted by Crippen LogP contribution is -2.43. The van der Waals surface area contributed by atoms with Crippen LogP contribution in [-0.2, 0) is 15.0 Å². The summed E-state index contributed by atoms with van der Waals surface area (Å²) in [6, 6.07) is 6.45. The molecule has 0 aromatic heterocycles. The maximum atomic E-state index is 13.1. The molecule has 1 aromatic rings. The predicted molar refractivity (Wildman–Crippen MR) is 81.7 cm³/mol. The molecule has 1 fully saturated rings. The van der Waals surface area contributed by atoms with E-state index in [9.17, 15) is 22.8 Å². The van der Waals surface area contributed by atoms with Gasteiger partial charge in [0.25, 0.3) is 0 Å². The second-order valence-electron chi connectivity index (χ2n) is 6.43. The first-order valence-electron chi connectivity index (χ1n) is 7.29. The zero-order chi connectivity index (χ0) is 18.3. The number of hydrogen-bond acceptors (Lipinski definition) is 2. The Morgan fingerprint density at radius 2 is 1.71 bits per heavy atom. The monoisotopic (exact) mass is 363 g/mol. The van der Waals surface area contributed by atoms with Crippen molar-refractivity contribution in [1.82, 2.24) is 4.90 Å². The predicted octanol–water partition coefficient (Wildman–Crippen LogP) is 3.34. The van der Waals surface area contributed by atoms with Gasteiger partial charge in [0.15, 0.2) is 0 Å². The van der Waals surface area contributed by atoms with Crippen LogP contribution in [0.1, 0.15) is 19.4 Å². The molecule has 0 spiro atoms. The van der Waals surface area contributed by atoms with E-state index in [4.69, 9.17) is 16.7 Å². The SMILES string of the molecule is CC(C)(C(=O)N1C[C@@H](C(F)(F)F)[C@H](C(=O)O)C1)c1ccc(Cl)cc1. The lowest BCUT2D eigenvalue weighted by atomic mass is 9.83. The molecule has 0 saturated carbocycles. The molecule has 0 radical (unpaired) electrons. The minimum Gasteiger partial charge on any atom is -0.481 e. The van der Waals surface area contributed by atoms with E-state index in [0.29, 0.717) is 10.6 Å². The number of carboxylic acid groups (broad SMARTS) is 1. The summed E-state index contributed by atoms with van der Waals surface area (Å²) in [6.07, 6.45) is -4.66. The smallest absolute Gasteiger partial charge is 0.394 e. The fourth-order valence-corrected chi connectivity index (χ4v) is 3.06. The summed E-state index contributed by atoms with van der Waals surface area (Å²) in [6.45, 7) is 2.09. The van der Waals surface area contributed by atoms with E-state index >= 15 is 0 Å². The maximum Gasteiger partial charge on any atom is 0.394 e. The number of aliphatic carboxylic acids is 1. The second-order valence-corrected chi connectivity index (χ2v) is 6.87. The average molecular weight is 364 g/mol. The van der Waals surface area contributed by atoms with Crippen LogP contribution >= 0.6 is 11.6 Å². The van der Waals surface area contributed by atoms with Gasteiger partial charge in [-0.25, -0.2) is 0 Å². The number of likely N-dealkylation sites (tertiary alicyclic amines) is 1. The minimum atomic E-state index is -4.66. The molecule has 1 heterocycles. The summed E-state index contributed by atoms with van der Waals surface area (Å²) >= 11 is 5.81. The number of carbonyl (C=O) groups excluding carboxylic acids is 1. The van der Waals surface area contributed by atoms with Crippen molar-refractivity contribution in [2.75, 3.05) is 13.1 Å². The number of rotatable bonds is 3. The van der Waals surface area contributed by atoms with Crippen molar-refractivity contribution in [3.8, 4) is 0 Å². The van der Waals surface area contributed by atoms with Gasteiger partial charge < -0.3 is 10.0 Å². The summed E-state index contributed by atoms with van der Waals surface area (Å²) in [4.78, 5) is 24.8. The molecule has 132 valence electrons. The fourth-order valence-electron chi connectivity index (χ4n) is 2.94. The van der Waals surface area contributed by atoms with Crippen molar-refractivity contribution in [3.05, 3.63) is 34.9 Å². The van der Waals surface area contributed by atoms with E-state index < -0.39 is 48.4 Å². The summed E-state index contributed by atoms with van der Waals surface area (Å²) in [5, 5.41) is 9.52. The molecule has 8 heteroatoms. The van der Waals surface area contributed by atoms with Crippen LogP contribution in [-0.4, -0.2) is 41.1 Å². The highest BCUT2D eigenvalue weighted by Crippen LogP contribution is 2.39. The molecule has 1 N–H and O–H groups in total. The van der Waals surface area contributed by atoms with Crippen molar-refractivity contribution in [2.24, 2.45) is 11.8 Å². The molecule has 1 aliphatic heterocycles. The molecule has 2 atom stereocenters. The number of amides is 1. The molecule has 1 amide bonds. The van der Waals surface area contributed by atoms with Gasteiger partial charge in [0.05, 0.1) is 17.3 Å². The van der Waals surface area contributed by atoms with Crippen LogP contribution in [0.25, 0.3) is 0 Å². The topological polar surface area (TPSA) is 57.6 Å². The van der Waals surface area contributed by atoms with Crippen molar-refractivity contribution in [3.63, 3.8) is 0 Å². The summed E-state index contributed by atoms with van der Waals surface area (Å²) in [5.74, 6) is -5.78. The zero-order valence-corrected chi connectivity index (χ0v) is 13.9. The highest BCUT2D eigenvalue weighted by molar-refractivity contribution is 6.30. The third kappa shape index (κ3) is 3.50. The van der Waals surface area contributed by atoms with Crippen molar-refractivity contribution >= 4 is 23.5 Å². The maximum absolute atomic E-state index is 13.1. The number of alkyl halides is 3. The van der Waals surface area contributed by atoms with Gasteiger partial charge in [-0.05, 0) is 31.5 Å².